The summed E-state index contributed by atoms with van der Waals surface area (Å²) in [4.78, 5) is 0. The third-order valence-corrected chi connectivity index (χ3v) is 2.75. The number of nitriles is 1. The minimum atomic E-state index is 0.337. The van der Waals surface area contributed by atoms with Crippen molar-refractivity contribution in [2.24, 2.45) is 7.05 Å². The van der Waals surface area contributed by atoms with Crippen molar-refractivity contribution in [3.05, 3.63) is 34.4 Å². The number of rotatable bonds is 1. The molecule has 0 fully saturated rings. The Kier molecular flexibility index (Phi) is 2.52. The number of aryl methyl sites for hydroxylation is 1. The summed E-state index contributed by atoms with van der Waals surface area (Å²) >= 11 is 3.44. The SMILES string of the molecule is Cn1nnc(C#N)c1-c1ccccc1Br. The zero-order valence-electron chi connectivity index (χ0n) is 7.98. The van der Waals surface area contributed by atoms with Crippen molar-refractivity contribution in [3.8, 4) is 17.3 Å². The summed E-state index contributed by atoms with van der Waals surface area (Å²) in [6.07, 6.45) is 0. The van der Waals surface area contributed by atoms with Gasteiger partial charge in [-0.05, 0) is 6.07 Å². The Hall–Kier alpha value is -1.67. The molecule has 0 unspecified atom stereocenters. The van der Waals surface area contributed by atoms with Crippen LogP contribution in [0.15, 0.2) is 28.7 Å². The largest absolute Gasteiger partial charge is 0.246 e. The molecule has 0 aliphatic rings. The van der Waals surface area contributed by atoms with Gasteiger partial charge in [0.2, 0.25) is 0 Å². The highest BCUT2D eigenvalue weighted by molar-refractivity contribution is 9.10. The van der Waals surface area contributed by atoms with Crippen LogP contribution < -0.4 is 0 Å². The van der Waals surface area contributed by atoms with Crippen LogP contribution in [0.3, 0.4) is 0 Å². The summed E-state index contributed by atoms with van der Waals surface area (Å²) in [5, 5.41) is 16.5. The van der Waals surface area contributed by atoms with E-state index in [0.717, 1.165) is 15.7 Å². The molecule has 0 amide bonds. The fourth-order valence-electron chi connectivity index (χ4n) is 1.39. The highest BCUT2D eigenvalue weighted by atomic mass is 79.9. The van der Waals surface area contributed by atoms with E-state index >= 15 is 0 Å². The van der Waals surface area contributed by atoms with Gasteiger partial charge in [-0.25, -0.2) is 4.68 Å². The van der Waals surface area contributed by atoms with Crippen LogP contribution in [0.5, 0.6) is 0 Å². The number of benzene rings is 1. The standard InChI is InChI=1S/C10H7BrN4/c1-15-10(9(6-12)13-14-15)7-4-2-3-5-8(7)11/h2-5H,1H3. The molecule has 2 rings (SSSR count). The Labute approximate surface area is 95.3 Å². The summed E-state index contributed by atoms with van der Waals surface area (Å²) in [6.45, 7) is 0. The molecule has 1 aromatic carbocycles. The molecule has 0 radical (unpaired) electrons. The van der Waals surface area contributed by atoms with E-state index in [0.29, 0.717) is 5.69 Å². The fraction of sp³-hybridized carbons (Fsp3) is 0.100. The van der Waals surface area contributed by atoms with Crippen LogP contribution in [-0.2, 0) is 7.05 Å². The number of nitrogens with zero attached hydrogens (tertiary/aromatic N) is 4. The second kappa shape index (κ2) is 3.83. The molecule has 0 bridgehead atoms. The minimum Gasteiger partial charge on any atom is -0.246 e. The monoisotopic (exact) mass is 262 g/mol. The third-order valence-electron chi connectivity index (χ3n) is 2.06. The van der Waals surface area contributed by atoms with Crippen LogP contribution in [0.1, 0.15) is 5.69 Å². The Morgan fingerprint density at radius 1 is 1.40 bits per heavy atom. The van der Waals surface area contributed by atoms with Crippen molar-refractivity contribution in [1.82, 2.24) is 15.0 Å². The molecule has 0 aliphatic heterocycles. The van der Waals surface area contributed by atoms with Crippen molar-refractivity contribution in [2.45, 2.75) is 0 Å². The van der Waals surface area contributed by atoms with Crippen LogP contribution in [0, 0.1) is 11.3 Å². The zero-order valence-corrected chi connectivity index (χ0v) is 9.56. The maximum absolute atomic E-state index is 8.90. The Morgan fingerprint density at radius 3 is 2.80 bits per heavy atom. The molecule has 0 spiro atoms. The molecule has 0 saturated carbocycles. The van der Waals surface area contributed by atoms with E-state index in [2.05, 4.69) is 26.2 Å². The first kappa shape index (κ1) is 9.87. The maximum Gasteiger partial charge on any atom is 0.190 e. The van der Waals surface area contributed by atoms with Gasteiger partial charge in [0, 0.05) is 17.1 Å². The Morgan fingerprint density at radius 2 is 2.13 bits per heavy atom. The average Bonchev–Trinajstić information content (AvgIpc) is 2.60. The topological polar surface area (TPSA) is 54.5 Å². The normalized spacial score (nSPS) is 9.93. The predicted octanol–water partition coefficient (Wildman–Crippen LogP) is 2.12. The van der Waals surface area contributed by atoms with Gasteiger partial charge in [0.05, 0.1) is 0 Å². The molecular weight excluding hydrogens is 256 g/mol. The lowest BCUT2D eigenvalue weighted by Crippen LogP contribution is -1.95. The minimum absolute atomic E-state index is 0.337. The first-order valence-corrected chi connectivity index (χ1v) is 5.08. The van der Waals surface area contributed by atoms with Crippen molar-refractivity contribution in [3.63, 3.8) is 0 Å². The molecule has 4 nitrogen and oxygen atoms in total. The van der Waals surface area contributed by atoms with E-state index in [1.54, 1.807) is 11.7 Å². The smallest absolute Gasteiger partial charge is 0.190 e. The van der Waals surface area contributed by atoms with E-state index in [1.807, 2.05) is 30.3 Å². The molecule has 1 heterocycles. The van der Waals surface area contributed by atoms with Crippen molar-refractivity contribution in [1.29, 1.82) is 5.26 Å². The van der Waals surface area contributed by atoms with Gasteiger partial charge in [-0.3, -0.25) is 0 Å². The fourth-order valence-corrected chi connectivity index (χ4v) is 1.86. The van der Waals surface area contributed by atoms with Crippen molar-refractivity contribution < 1.29 is 0 Å². The summed E-state index contributed by atoms with van der Waals surface area (Å²) in [5.74, 6) is 0. The maximum atomic E-state index is 8.90. The molecule has 15 heavy (non-hydrogen) atoms. The molecule has 0 saturated heterocycles. The van der Waals surface area contributed by atoms with Crippen LogP contribution in [0.4, 0.5) is 0 Å². The second-order valence-corrected chi connectivity index (χ2v) is 3.86. The van der Waals surface area contributed by atoms with Gasteiger partial charge < -0.3 is 0 Å². The lowest BCUT2D eigenvalue weighted by Gasteiger charge is -2.03. The molecular formula is C10H7BrN4. The molecule has 0 aliphatic carbocycles. The van der Waals surface area contributed by atoms with Crippen LogP contribution in [-0.4, -0.2) is 15.0 Å². The van der Waals surface area contributed by atoms with Crippen molar-refractivity contribution >= 4 is 15.9 Å². The van der Waals surface area contributed by atoms with Crippen LogP contribution in [0.2, 0.25) is 0 Å². The quantitative estimate of drug-likeness (QED) is 0.791. The van der Waals surface area contributed by atoms with Gasteiger partial charge >= 0.3 is 0 Å². The van der Waals surface area contributed by atoms with Gasteiger partial charge in [-0.15, -0.1) is 5.10 Å². The lowest BCUT2D eigenvalue weighted by atomic mass is 10.1. The molecule has 1 aromatic heterocycles. The van der Waals surface area contributed by atoms with Gasteiger partial charge in [-0.2, -0.15) is 5.26 Å². The van der Waals surface area contributed by atoms with Crippen molar-refractivity contribution in [2.75, 3.05) is 0 Å². The number of hydrogen-bond acceptors (Lipinski definition) is 3. The lowest BCUT2D eigenvalue weighted by molar-refractivity contribution is 0.720. The first-order valence-electron chi connectivity index (χ1n) is 4.28. The number of halogens is 1. The predicted molar refractivity (Wildman–Crippen MR) is 58.9 cm³/mol. The summed E-state index contributed by atoms with van der Waals surface area (Å²) in [6, 6.07) is 9.70. The summed E-state index contributed by atoms with van der Waals surface area (Å²) in [7, 11) is 1.77. The van der Waals surface area contributed by atoms with E-state index < -0.39 is 0 Å². The Bertz CT molecular complexity index is 539. The molecule has 0 atom stereocenters. The van der Waals surface area contributed by atoms with E-state index in [4.69, 9.17) is 5.26 Å². The van der Waals surface area contributed by atoms with Gasteiger partial charge in [-0.1, -0.05) is 39.3 Å². The molecule has 2 aromatic rings. The van der Waals surface area contributed by atoms with Gasteiger partial charge in [0.1, 0.15) is 11.8 Å². The summed E-state index contributed by atoms with van der Waals surface area (Å²) < 4.78 is 2.52. The zero-order chi connectivity index (χ0) is 10.8. The van der Waals surface area contributed by atoms with Crippen LogP contribution >= 0.6 is 15.9 Å². The highest BCUT2D eigenvalue weighted by Gasteiger charge is 2.14. The number of aromatic nitrogens is 3. The van der Waals surface area contributed by atoms with Gasteiger partial charge in [0.15, 0.2) is 5.69 Å². The highest BCUT2D eigenvalue weighted by Crippen LogP contribution is 2.28. The molecule has 5 heteroatoms. The van der Waals surface area contributed by atoms with Gasteiger partial charge in [0.25, 0.3) is 0 Å². The first-order chi connectivity index (χ1) is 7.24. The van der Waals surface area contributed by atoms with Crippen LogP contribution in [0.25, 0.3) is 11.3 Å². The summed E-state index contributed by atoms with van der Waals surface area (Å²) in [5.41, 5.74) is 1.98. The molecule has 74 valence electrons. The van der Waals surface area contributed by atoms with E-state index in [-0.39, 0.29) is 0 Å². The van der Waals surface area contributed by atoms with E-state index in [9.17, 15) is 0 Å². The van der Waals surface area contributed by atoms with E-state index in [1.165, 1.54) is 0 Å². The Balaban J connectivity index is 2.70. The third kappa shape index (κ3) is 1.64. The molecule has 0 N–H and O–H groups in total. The average molecular weight is 263 g/mol. The number of hydrogen-bond donors (Lipinski definition) is 0. The second-order valence-electron chi connectivity index (χ2n) is 3.00.